The molecule has 3 atom stereocenters. The highest BCUT2D eigenvalue weighted by Gasteiger charge is 2.29. The van der Waals surface area contributed by atoms with Gasteiger partial charge in [0.15, 0.2) is 0 Å². The van der Waals surface area contributed by atoms with Gasteiger partial charge in [-0.3, -0.25) is 0 Å². The van der Waals surface area contributed by atoms with Crippen LogP contribution in [0.25, 0.3) is 0 Å². The number of aliphatic hydroxyl groups is 2. The van der Waals surface area contributed by atoms with Crippen LogP contribution in [0.3, 0.4) is 0 Å². The minimum absolute atomic E-state index is 0.101. The molecular weight excluding hydrogens is 252 g/mol. The zero-order chi connectivity index (χ0) is 13.3. The van der Waals surface area contributed by atoms with Crippen molar-refractivity contribution in [1.82, 2.24) is 0 Å². The maximum absolute atomic E-state index is 9.58. The maximum Gasteiger partial charge on any atom is 0.131 e. The molecule has 2 rings (SSSR count). The van der Waals surface area contributed by atoms with Crippen LogP contribution in [-0.4, -0.2) is 35.3 Å². The van der Waals surface area contributed by atoms with Crippen LogP contribution in [0.15, 0.2) is 0 Å². The van der Waals surface area contributed by atoms with Crippen molar-refractivity contribution in [2.45, 2.75) is 38.7 Å². The van der Waals surface area contributed by atoms with E-state index >= 15 is 0 Å². The molecule has 18 heavy (non-hydrogen) atoms. The van der Waals surface area contributed by atoms with E-state index in [0.29, 0.717) is 12.0 Å². The molecule has 6 heteroatoms. The lowest BCUT2D eigenvalue weighted by Gasteiger charge is -2.31. The summed E-state index contributed by atoms with van der Waals surface area (Å²) in [6.07, 6.45) is -1.68. The number of nitrogens with zero attached hydrogens (tertiary/aromatic N) is 1. The van der Waals surface area contributed by atoms with Gasteiger partial charge in [-0.2, -0.15) is 5.26 Å². The standard InChI is InChI=1S/C12H16N2O3S/c1-6-7(2)18-12(8(6)4-13)14-11-3-9(15)10(16)5-17-11/h9-11,14-16H,3,5H2,1-2H3/t9-,10-,11+/m1/s1. The number of nitrogens with one attached hydrogen (secondary N) is 1. The van der Waals surface area contributed by atoms with Gasteiger partial charge in [0.2, 0.25) is 0 Å². The monoisotopic (exact) mass is 268 g/mol. The molecule has 3 N–H and O–H groups in total. The van der Waals surface area contributed by atoms with Crippen LogP contribution < -0.4 is 5.32 Å². The Bertz CT molecular complexity index is 480. The second-order valence-corrected chi connectivity index (χ2v) is 5.66. The Morgan fingerprint density at radius 2 is 2.11 bits per heavy atom. The van der Waals surface area contributed by atoms with Crippen molar-refractivity contribution in [3.63, 3.8) is 0 Å². The van der Waals surface area contributed by atoms with Crippen LogP contribution in [0.2, 0.25) is 0 Å². The smallest absolute Gasteiger partial charge is 0.131 e. The third kappa shape index (κ3) is 2.49. The van der Waals surface area contributed by atoms with Gasteiger partial charge >= 0.3 is 0 Å². The molecule has 0 unspecified atom stereocenters. The summed E-state index contributed by atoms with van der Waals surface area (Å²) >= 11 is 1.50. The van der Waals surface area contributed by atoms with Gasteiger partial charge in [0.1, 0.15) is 23.4 Å². The fourth-order valence-electron chi connectivity index (χ4n) is 1.88. The van der Waals surface area contributed by atoms with E-state index in [-0.39, 0.29) is 12.8 Å². The first kappa shape index (κ1) is 13.3. The Hall–Kier alpha value is -1.13. The van der Waals surface area contributed by atoms with Crippen LogP contribution >= 0.6 is 11.3 Å². The molecule has 0 amide bonds. The van der Waals surface area contributed by atoms with Gasteiger partial charge in [-0.05, 0) is 19.4 Å². The molecule has 5 nitrogen and oxygen atoms in total. The average Bonchev–Trinajstić information content (AvgIpc) is 2.59. The third-order valence-electron chi connectivity index (χ3n) is 3.16. The lowest BCUT2D eigenvalue weighted by Crippen LogP contribution is -2.44. The van der Waals surface area contributed by atoms with E-state index in [0.717, 1.165) is 15.4 Å². The second kappa shape index (κ2) is 5.24. The van der Waals surface area contributed by atoms with Crippen LogP contribution in [0.5, 0.6) is 0 Å². The molecule has 0 saturated carbocycles. The number of aliphatic hydroxyl groups excluding tert-OH is 2. The SMILES string of the molecule is Cc1sc(N[C@@H]2C[C@@H](O)[C@H](O)CO2)c(C#N)c1C. The van der Waals surface area contributed by atoms with Gasteiger partial charge in [0, 0.05) is 11.3 Å². The van der Waals surface area contributed by atoms with Gasteiger partial charge in [-0.1, -0.05) is 0 Å². The van der Waals surface area contributed by atoms with Gasteiger partial charge in [-0.25, -0.2) is 0 Å². The molecule has 0 spiro atoms. The fraction of sp³-hybridized carbons (Fsp3) is 0.583. The normalized spacial score (nSPS) is 27.8. The Morgan fingerprint density at radius 3 is 2.72 bits per heavy atom. The van der Waals surface area contributed by atoms with Gasteiger partial charge in [0.25, 0.3) is 0 Å². The first-order valence-electron chi connectivity index (χ1n) is 5.77. The van der Waals surface area contributed by atoms with Crippen molar-refractivity contribution < 1.29 is 14.9 Å². The second-order valence-electron chi connectivity index (χ2n) is 4.44. The zero-order valence-electron chi connectivity index (χ0n) is 10.3. The topological polar surface area (TPSA) is 85.5 Å². The van der Waals surface area contributed by atoms with Crippen molar-refractivity contribution >= 4 is 16.3 Å². The summed E-state index contributed by atoms with van der Waals surface area (Å²) in [5.41, 5.74) is 1.60. The van der Waals surface area contributed by atoms with E-state index in [1.807, 2.05) is 13.8 Å². The number of anilines is 1. The Labute approximate surface area is 110 Å². The van der Waals surface area contributed by atoms with E-state index in [2.05, 4.69) is 11.4 Å². The van der Waals surface area contributed by atoms with E-state index in [1.54, 1.807) is 0 Å². The molecule has 1 fully saturated rings. The molecule has 1 aliphatic heterocycles. The number of nitriles is 1. The van der Waals surface area contributed by atoms with Crippen LogP contribution in [0, 0.1) is 25.2 Å². The lowest BCUT2D eigenvalue weighted by atomic mass is 10.1. The number of rotatable bonds is 2. The maximum atomic E-state index is 9.58. The molecular formula is C12H16N2O3S. The molecule has 2 heterocycles. The number of ether oxygens (including phenoxy) is 1. The number of hydrogen-bond donors (Lipinski definition) is 3. The summed E-state index contributed by atoms with van der Waals surface area (Å²) in [4.78, 5) is 1.09. The van der Waals surface area contributed by atoms with E-state index in [9.17, 15) is 10.2 Å². The quantitative estimate of drug-likeness (QED) is 0.748. The molecule has 98 valence electrons. The Balaban J connectivity index is 2.11. The van der Waals surface area contributed by atoms with E-state index in [1.165, 1.54) is 11.3 Å². The fourth-order valence-corrected chi connectivity index (χ4v) is 2.93. The molecule has 0 radical (unpaired) electrons. The highest BCUT2D eigenvalue weighted by molar-refractivity contribution is 7.16. The lowest BCUT2D eigenvalue weighted by molar-refractivity contribution is -0.112. The highest BCUT2D eigenvalue weighted by atomic mass is 32.1. The van der Waals surface area contributed by atoms with E-state index in [4.69, 9.17) is 10.00 Å². The molecule has 0 aliphatic carbocycles. The number of hydrogen-bond acceptors (Lipinski definition) is 6. The van der Waals surface area contributed by atoms with Gasteiger partial charge in [-0.15, -0.1) is 11.3 Å². The average molecular weight is 268 g/mol. The summed E-state index contributed by atoms with van der Waals surface area (Å²) in [6, 6.07) is 2.17. The highest BCUT2D eigenvalue weighted by Crippen LogP contribution is 2.33. The van der Waals surface area contributed by atoms with Crippen molar-refractivity contribution in [2.24, 2.45) is 0 Å². The number of aryl methyl sites for hydroxylation is 1. The first-order valence-corrected chi connectivity index (χ1v) is 6.59. The summed E-state index contributed by atoms with van der Waals surface area (Å²) in [5, 5.41) is 31.9. The first-order chi connectivity index (χ1) is 8.52. The predicted octanol–water partition coefficient (Wildman–Crippen LogP) is 1.12. The number of thiophene rings is 1. The van der Waals surface area contributed by atoms with Crippen molar-refractivity contribution in [1.29, 1.82) is 5.26 Å². The summed E-state index contributed by atoms with van der Waals surface area (Å²) in [6.45, 7) is 3.98. The zero-order valence-corrected chi connectivity index (χ0v) is 11.1. The van der Waals surface area contributed by atoms with Crippen LogP contribution in [0.4, 0.5) is 5.00 Å². The van der Waals surface area contributed by atoms with Crippen molar-refractivity contribution in [3.8, 4) is 6.07 Å². The van der Waals surface area contributed by atoms with Gasteiger partial charge in [0.05, 0.1) is 18.3 Å². The predicted molar refractivity (Wildman–Crippen MR) is 68.5 cm³/mol. The summed E-state index contributed by atoms with van der Waals surface area (Å²) < 4.78 is 5.39. The molecule has 1 saturated heterocycles. The van der Waals surface area contributed by atoms with Crippen LogP contribution in [-0.2, 0) is 4.74 Å². The Morgan fingerprint density at radius 1 is 1.39 bits per heavy atom. The molecule has 0 aromatic carbocycles. The molecule has 1 aromatic heterocycles. The van der Waals surface area contributed by atoms with E-state index < -0.39 is 12.2 Å². The minimum atomic E-state index is -0.828. The molecule has 1 aliphatic rings. The molecule has 0 bridgehead atoms. The Kier molecular flexibility index (Phi) is 3.88. The molecule has 1 aromatic rings. The minimum Gasteiger partial charge on any atom is -0.390 e. The van der Waals surface area contributed by atoms with Crippen molar-refractivity contribution in [3.05, 3.63) is 16.0 Å². The third-order valence-corrected chi connectivity index (χ3v) is 4.30. The summed E-state index contributed by atoms with van der Waals surface area (Å²) in [7, 11) is 0. The van der Waals surface area contributed by atoms with Crippen molar-refractivity contribution in [2.75, 3.05) is 11.9 Å². The van der Waals surface area contributed by atoms with Gasteiger partial charge < -0.3 is 20.3 Å². The summed E-state index contributed by atoms with van der Waals surface area (Å²) in [5.74, 6) is 0. The van der Waals surface area contributed by atoms with Crippen LogP contribution in [0.1, 0.15) is 22.4 Å². The largest absolute Gasteiger partial charge is 0.390 e.